The van der Waals surface area contributed by atoms with Gasteiger partial charge in [0.2, 0.25) is 5.91 Å². The number of carbonyl (C=O) groups excluding carboxylic acids is 1. The van der Waals surface area contributed by atoms with E-state index in [1.807, 2.05) is 55.5 Å². The summed E-state index contributed by atoms with van der Waals surface area (Å²) in [6.45, 7) is 3.23. The lowest BCUT2D eigenvalue weighted by Gasteiger charge is -2.37. The standard InChI is InChI=1S/C20H21Br2NO2/c1-14(17-4-2-3-5-18(17)22)23-19(24)20(10-12-25-13-11-20)15-6-8-16(21)9-7-15/h2-9,14H,10-13H2,1H3,(H,23,24). The van der Waals surface area contributed by atoms with E-state index < -0.39 is 5.41 Å². The van der Waals surface area contributed by atoms with Crippen LogP contribution in [0.4, 0.5) is 0 Å². The van der Waals surface area contributed by atoms with Crippen molar-refractivity contribution in [2.45, 2.75) is 31.2 Å². The lowest BCUT2D eigenvalue weighted by Crippen LogP contribution is -2.48. The summed E-state index contributed by atoms with van der Waals surface area (Å²) in [5.74, 6) is 0.0707. The van der Waals surface area contributed by atoms with E-state index in [4.69, 9.17) is 4.74 Å². The number of rotatable bonds is 4. The summed E-state index contributed by atoms with van der Waals surface area (Å²) in [7, 11) is 0. The summed E-state index contributed by atoms with van der Waals surface area (Å²) in [5, 5.41) is 3.22. The van der Waals surface area contributed by atoms with Gasteiger partial charge in [-0.2, -0.15) is 0 Å². The van der Waals surface area contributed by atoms with Crippen molar-refractivity contribution < 1.29 is 9.53 Å². The van der Waals surface area contributed by atoms with Crippen molar-refractivity contribution in [3.8, 4) is 0 Å². The van der Waals surface area contributed by atoms with Gasteiger partial charge in [-0.1, -0.05) is 62.2 Å². The van der Waals surface area contributed by atoms with E-state index in [2.05, 4.69) is 37.2 Å². The van der Waals surface area contributed by atoms with Crippen LogP contribution in [-0.2, 0) is 14.9 Å². The minimum atomic E-state index is -0.533. The highest BCUT2D eigenvalue weighted by atomic mass is 79.9. The van der Waals surface area contributed by atoms with Gasteiger partial charge in [0.1, 0.15) is 0 Å². The van der Waals surface area contributed by atoms with E-state index in [-0.39, 0.29) is 11.9 Å². The second-order valence-electron chi connectivity index (χ2n) is 6.42. The van der Waals surface area contributed by atoms with E-state index in [0.29, 0.717) is 26.1 Å². The van der Waals surface area contributed by atoms with Crippen LogP contribution in [0.25, 0.3) is 0 Å². The van der Waals surface area contributed by atoms with Gasteiger partial charge >= 0.3 is 0 Å². The Balaban J connectivity index is 1.87. The minimum Gasteiger partial charge on any atom is -0.381 e. The molecule has 1 amide bonds. The Morgan fingerprint density at radius 3 is 2.36 bits per heavy atom. The maximum atomic E-state index is 13.3. The fourth-order valence-corrected chi connectivity index (χ4v) is 4.27. The molecule has 2 aromatic rings. The summed E-state index contributed by atoms with van der Waals surface area (Å²) in [6.07, 6.45) is 1.40. The van der Waals surface area contributed by atoms with Crippen LogP contribution in [0.1, 0.15) is 36.9 Å². The van der Waals surface area contributed by atoms with Crippen molar-refractivity contribution in [3.63, 3.8) is 0 Å². The van der Waals surface area contributed by atoms with Gasteiger partial charge in [0.05, 0.1) is 11.5 Å². The third-order valence-electron chi connectivity index (χ3n) is 4.90. The number of ether oxygens (including phenoxy) is 1. The summed E-state index contributed by atoms with van der Waals surface area (Å²) in [6, 6.07) is 16.0. The van der Waals surface area contributed by atoms with Crippen LogP contribution in [0.5, 0.6) is 0 Å². The fraction of sp³-hybridized carbons (Fsp3) is 0.350. The molecule has 0 saturated carbocycles. The lowest BCUT2D eigenvalue weighted by atomic mass is 9.73. The van der Waals surface area contributed by atoms with Gasteiger partial charge in [-0.05, 0) is 49.1 Å². The Bertz CT molecular complexity index is 740. The van der Waals surface area contributed by atoms with Gasteiger partial charge < -0.3 is 10.1 Å². The Morgan fingerprint density at radius 1 is 1.08 bits per heavy atom. The van der Waals surface area contributed by atoms with Crippen molar-refractivity contribution in [1.29, 1.82) is 0 Å². The fourth-order valence-electron chi connectivity index (χ4n) is 3.37. The number of hydrogen-bond acceptors (Lipinski definition) is 2. The molecule has 3 rings (SSSR count). The van der Waals surface area contributed by atoms with Crippen molar-refractivity contribution in [1.82, 2.24) is 5.32 Å². The average molecular weight is 467 g/mol. The van der Waals surface area contributed by atoms with Crippen LogP contribution in [0, 0.1) is 0 Å². The van der Waals surface area contributed by atoms with Crippen LogP contribution < -0.4 is 5.32 Å². The molecule has 0 bridgehead atoms. The molecule has 1 N–H and O–H groups in total. The van der Waals surface area contributed by atoms with E-state index in [1.165, 1.54) is 0 Å². The number of halogens is 2. The molecule has 0 aliphatic carbocycles. The third kappa shape index (κ3) is 3.99. The number of benzene rings is 2. The van der Waals surface area contributed by atoms with E-state index >= 15 is 0 Å². The smallest absolute Gasteiger partial charge is 0.231 e. The van der Waals surface area contributed by atoms with Crippen LogP contribution >= 0.6 is 31.9 Å². The molecule has 25 heavy (non-hydrogen) atoms. The highest BCUT2D eigenvalue weighted by Gasteiger charge is 2.42. The number of carbonyl (C=O) groups is 1. The first kappa shape index (κ1) is 18.6. The SMILES string of the molecule is CC(NC(=O)C1(c2ccc(Br)cc2)CCOCC1)c1ccccc1Br. The van der Waals surface area contributed by atoms with Crippen molar-refractivity contribution >= 4 is 37.8 Å². The Labute approximate surface area is 165 Å². The molecule has 3 nitrogen and oxygen atoms in total. The normalized spacial score (nSPS) is 17.7. The van der Waals surface area contributed by atoms with E-state index in [1.54, 1.807) is 0 Å². The summed E-state index contributed by atoms with van der Waals surface area (Å²) in [4.78, 5) is 13.3. The molecule has 1 heterocycles. The van der Waals surface area contributed by atoms with Crippen LogP contribution in [0.3, 0.4) is 0 Å². The first-order chi connectivity index (χ1) is 12.0. The lowest BCUT2D eigenvalue weighted by molar-refractivity contribution is -0.131. The maximum absolute atomic E-state index is 13.3. The Morgan fingerprint density at radius 2 is 1.72 bits per heavy atom. The van der Waals surface area contributed by atoms with Gasteiger partial charge in [0.15, 0.2) is 0 Å². The van der Waals surface area contributed by atoms with Crippen LogP contribution in [0.15, 0.2) is 57.5 Å². The molecule has 1 saturated heterocycles. The summed E-state index contributed by atoms with van der Waals surface area (Å²) >= 11 is 7.05. The van der Waals surface area contributed by atoms with E-state index in [0.717, 1.165) is 20.1 Å². The quantitative estimate of drug-likeness (QED) is 0.677. The zero-order chi connectivity index (χ0) is 17.9. The zero-order valence-corrected chi connectivity index (χ0v) is 17.3. The second-order valence-corrected chi connectivity index (χ2v) is 8.19. The molecule has 132 valence electrons. The first-order valence-corrected chi connectivity index (χ1v) is 10.0. The predicted octanol–water partition coefficient (Wildman–Crippen LogP) is 5.14. The van der Waals surface area contributed by atoms with Gasteiger partial charge in [-0.15, -0.1) is 0 Å². The molecule has 1 aliphatic heterocycles. The molecule has 0 radical (unpaired) electrons. The number of hydrogen-bond donors (Lipinski definition) is 1. The molecule has 1 fully saturated rings. The maximum Gasteiger partial charge on any atom is 0.231 e. The highest BCUT2D eigenvalue weighted by molar-refractivity contribution is 9.10. The Kier molecular flexibility index (Phi) is 5.97. The molecular formula is C20H21Br2NO2. The summed E-state index contributed by atoms with van der Waals surface area (Å²) < 4.78 is 7.55. The largest absolute Gasteiger partial charge is 0.381 e. The molecule has 2 aromatic carbocycles. The molecule has 5 heteroatoms. The third-order valence-corrected chi connectivity index (χ3v) is 6.15. The molecule has 1 unspecified atom stereocenters. The molecule has 1 aliphatic rings. The van der Waals surface area contributed by atoms with Gasteiger partial charge in [0, 0.05) is 22.2 Å². The molecule has 0 aromatic heterocycles. The summed E-state index contributed by atoms with van der Waals surface area (Å²) in [5.41, 5.74) is 1.60. The van der Waals surface area contributed by atoms with Crippen LogP contribution in [-0.4, -0.2) is 19.1 Å². The van der Waals surface area contributed by atoms with Crippen molar-refractivity contribution in [2.24, 2.45) is 0 Å². The van der Waals surface area contributed by atoms with Gasteiger partial charge in [-0.25, -0.2) is 0 Å². The minimum absolute atomic E-state index is 0.0707. The van der Waals surface area contributed by atoms with Crippen molar-refractivity contribution in [3.05, 3.63) is 68.6 Å². The second kappa shape index (κ2) is 8.02. The number of nitrogens with one attached hydrogen (secondary N) is 1. The Hall–Kier alpha value is -1.17. The van der Waals surface area contributed by atoms with Gasteiger partial charge in [0.25, 0.3) is 0 Å². The topological polar surface area (TPSA) is 38.3 Å². The van der Waals surface area contributed by atoms with Gasteiger partial charge in [-0.3, -0.25) is 4.79 Å². The first-order valence-electron chi connectivity index (χ1n) is 8.42. The predicted molar refractivity (Wildman–Crippen MR) is 107 cm³/mol. The highest BCUT2D eigenvalue weighted by Crippen LogP contribution is 2.36. The molecule has 1 atom stereocenters. The monoisotopic (exact) mass is 465 g/mol. The molecule has 0 spiro atoms. The number of amides is 1. The van der Waals surface area contributed by atoms with Crippen molar-refractivity contribution in [2.75, 3.05) is 13.2 Å². The average Bonchev–Trinajstić information content (AvgIpc) is 2.63. The van der Waals surface area contributed by atoms with E-state index in [9.17, 15) is 4.79 Å². The molecular weight excluding hydrogens is 446 g/mol. The zero-order valence-electron chi connectivity index (χ0n) is 14.1. The van der Waals surface area contributed by atoms with Crippen LogP contribution in [0.2, 0.25) is 0 Å².